The van der Waals surface area contributed by atoms with Crippen molar-refractivity contribution in [2.75, 3.05) is 13.2 Å². The molecule has 110 valence electrons. The zero-order chi connectivity index (χ0) is 14.0. The lowest BCUT2D eigenvalue weighted by Gasteiger charge is -2.37. The lowest BCUT2D eigenvalue weighted by Crippen LogP contribution is -2.41. The molecule has 2 aliphatic rings. The summed E-state index contributed by atoms with van der Waals surface area (Å²) in [5.74, 6) is 1.40. The van der Waals surface area contributed by atoms with E-state index < -0.39 is 0 Å². The molecule has 1 unspecified atom stereocenters. The van der Waals surface area contributed by atoms with Crippen LogP contribution in [0.5, 0.6) is 5.75 Å². The molecule has 1 atom stereocenters. The highest BCUT2D eigenvalue weighted by molar-refractivity contribution is 5.37. The van der Waals surface area contributed by atoms with Gasteiger partial charge in [0.15, 0.2) is 0 Å². The maximum absolute atomic E-state index is 9.90. The van der Waals surface area contributed by atoms with Crippen molar-refractivity contribution in [2.24, 2.45) is 11.3 Å². The van der Waals surface area contributed by atoms with Crippen LogP contribution in [0.2, 0.25) is 0 Å². The van der Waals surface area contributed by atoms with Crippen molar-refractivity contribution in [1.82, 2.24) is 0 Å². The fourth-order valence-electron chi connectivity index (χ4n) is 3.96. The zero-order valence-electron chi connectivity index (χ0n) is 11.9. The van der Waals surface area contributed by atoms with E-state index in [4.69, 9.17) is 4.74 Å². The van der Waals surface area contributed by atoms with Crippen molar-refractivity contribution in [2.45, 2.75) is 44.6 Å². The van der Waals surface area contributed by atoms with Gasteiger partial charge in [-0.3, -0.25) is 0 Å². The summed E-state index contributed by atoms with van der Waals surface area (Å²) in [7, 11) is 0. The zero-order valence-corrected chi connectivity index (χ0v) is 11.9. The van der Waals surface area contributed by atoms with E-state index in [0.717, 1.165) is 31.4 Å². The summed E-state index contributed by atoms with van der Waals surface area (Å²) in [6, 6.07) is 8.13. The minimum Gasteiger partial charge on any atom is -0.490 e. The number of benzene rings is 1. The second-order valence-electron chi connectivity index (χ2n) is 6.42. The highest BCUT2D eigenvalue weighted by Crippen LogP contribution is 2.44. The van der Waals surface area contributed by atoms with E-state index in [1.54, 1.807) is 0 Å². The smallest absolute Gasteiger partial charge is 0.123 e. The molecule has 3 rings (SSSR count). The first-order valence-corrected chi connectivity index (χ1v) is 7.74. The van der Waals surface area contributed by atoms with Crippen molar-refractivity contribution < 1.29 is 14.9 Å². The number of hydrogen-bond acceptors (Lipinski definition) is 3. The Bertz CT molecular complexity index is 422. The van der Waals surface area contributed by atoms with Gasteiger partial charge in [-0.1, -0.05) is 31.0 Å². The van der Waals surface area contributed by atoms with Crippen LogP contribution >= 0.6 is 0 Å². The summed E-state index contributed by atoms with van der Waals surface area (Å²) in [5, 5.41) is 19.8. The molecule has 0 amide bonds. The summed E-state index contributed by atoms with van der Waals surface area (Å²) in [6.45, 7) is 0.120. The first kappa shape index (κ1) is 13.9. The van der Waals surface area contributed by atoms with Crippen LogP contribution in [0, 0.1) is 11.3 Å². The Morgan fingerprint density at radius 2 is 1.80 bits per heavy atom. The predicted octanol–water partition coefficient (Wildman–Crippen LogP) is 2.54. The average Bonchev–Trinajstić information content (AvgIpc) is 3.13. The van der Waals surface area contributed by atoms with Crippen LogP contribution < -0.4 is 4.74 Å². The lowest BCUT2D eigenvalue weighted by molar-refractivity contribution is -0.0246. The van der Waals surface area contributed by atoms with Gasteiger partial charge in [-0.05, 0) is 36.8 Å². The Kier molecular flexibility index (Phi) is 3.99. The number of aliphatic hydroxyl groups is 2. The quantitative estimate of drug-likeness (QED) is 0.869. The third-order valence-corrected chi connectivity index (χ3v) is 5.20. The Labute approximate surface area is 120 Å². The van der Waals surface area contributed by atoms with Gasteiger partial charge < -0.3 is 14.9 Å². The number of hydrogen-bond donors (Lipinski definition) is 2. The van der Waals surface area contributed by atoms with E-state index in [2.05, 4.69) is 6.07 Å². The molecule has 1 aromatic rings. The number of rotatable bonds is 5. The molecule has 1 aliphatic carbocycles. The molecule has 0 aromatic heterocycles. The monoisotopic (exact) mass is 276 g/mol. The molecule has 0 radical (unpaired) electrons. The Hall–Kier alpha value is -1.06. The van der Waals surface area contributed by atoms with E-state index >= 15 is 0 Å². The molecule has 3 heteroatoms. The Morgan fingerprint density at radius 3 is 2.45 bits per heavy atom. The van der Waals surface area contributed by atoms with Gasteiger partial charge in [0.1, 0.15) is 11.9 Å². The van der Waals surface area contributed by atoms with Gasteiger partial charge in [0.25, 0.3) is 0 Å². The second-order valence-corrected chi connectivity index (χ2v) is 6.42. The fourth-order valence-corrected chi connectivity index (χ4v) is 3.96. The van der Waals surface area contributed by atoms with Crippen LogP contribution in [0.15, 0.2) is 24.3 Å². The van der Waals surface area contributed by atoms with Crippen LogP contribution in [0.25, 0.3) is 0 Å². The van der Waals surface area contributed by atoms with Crippen molar-refractivity contribution in [1.29, 1.82) is 0 Å². The summed E-state index contributed by atoms with van der Waals surface area (Å²) in [4.78, 5) is 0. The molecular weight excluding hydrogens is 252 g/mol. The molecule has 1 heterocycles. The largest absolute Gasteiger partial charge is 0.490 e. The summed E-state index contributed by atoms with van der Waals surface area (Å²) in [6.07, 6.45) is 6.43. The molecule has 0 spiro atoms. The summed E-state index contributed by atoms with van der Waals surface area (Å²) < 4.78 is 6.00. The van der Waals surface area contributed by atoms with Gasteiger partial charge in [0.05, 0.1) is 13.2 Å². The number of aliphatic hydroxyl groups excluding tert-OH is 2. The molecule has 1 aliphatic heterocycles. The molecular formula is C17H24O3. The molecule has 20 heavy (non-hydrogen) atoms. The van der Waals surface area contributed by atoms with Crippen LogP contribution in [0.4, 0.5) is 0 Å². The van der Waals surface area contributed by atoms with Gasteiger partial charge >= 0.3 is 0 Å². The van der Waals surface area contributed by atoms with Crippen molar-refractivity contribution in [3.05, 3.63) is 29.8 Å². The molecule has 1 fully saturated rings. The normalized spacial score (nSPS) is 22.8. The fraction of sp³-hybridized carbons (Fsp3) is 0.647. The van der Waals surface area contributed by atoms with Crippen molar-refractivity contribution >= 4 is 0 Å². The van der Waals surface area contributed by atoms with Crippen molar-refractivity contribution in [3.8, 4) is 5.75 Å². The molecule has 0 saturated heterocycles. The maximum Gasteiger partial charge on any atom is 0.123 e. The molecule has 1 aromatic carbocycles. The van der Waals surface area contributed by atoms with Gasteiger partial charge in [0.2, 0.25) is 0 Å². The first-order chi connectivity index (χ1) is 9.77. The van der Waals surface area contributed by atoms with Crippen molar-refractivity contribution in [3.63, 3.8) is 0 Å². The van der Waals surface area contributed by atoms with Gasteiger partial charge in [-0.15, -0.1) is 0 Å². The first-order valence-electron chi connectivity index (χ1n) is 7.74. The average molecular weight is 276 g/mol. The number of fused-ring (bicyclic) bond motifs is 1. The van der Waals surface area contributed by atoms with E-state index in [9.17, 15) is 10.2 Å². The van der Waals surface area contributed by atoms with E-state index in [-0.39, 0.29) is 24.7 Å². The third-order valence-electron chi connectivity index (χ3n) is 5.20. The van der Waals surface area contributed by atoms with Crippen LogP contribution in [-0.2, 0) is 6.42 Å². The lowest BCUT2D eigenvalue weighted by atomic mass is 9.71. The van der Waals surface area contributed by atoms with E-state index in [1.165, 1.54) is 18.4 Å². The summed E-state index contributed by atoms with van der Waals surface area (Å²) >= 11 is 0. The molecule has 3 nitrogen and oxygen atoms in total. The second kappa shape index (κ2) is 5.74. The molecule has 0 bridgehead atoms. The SMILES string of the molecule is OCC(CO)(CC1Cc2ccccc2O1)C1CCCC1. The highest BCUT2D eigenvalue weighted by atomic mass is 16.5. The van der Waals surface area contributed by atoms with Crippen LogP contribution in [0.1, 0.15) is 37.7 Å². The van der Waals surface area contributed by atoms with Crippen LogP contribution in [-0.4, -0.2) is 29.5 Å². The van der Waals surface area contributed by atoms with Gasteiger partial charge in [-0.25, -0.2) is 0 Å². The molecule has 1 saturated carbocycles. The highest BCUT2D eigenvalue weighted by Gasteiger charge is 2.42. The third kappa shape index (κ3) is 2.45. The maximum atomic E-state index is 9.90. The number of ether oxygens (including phenoxy) is 1. The van der Waals surface area contributed by atoms with E-state index in [0.29, 0.717) is 5.92 Å². The minimum absolute atomic E-state index is 0.0599. The topological polar surface area (TPSA) is 49.7 Å². The Balaban J connectivity index is 1.72. The summed E-state index contributed by atoms with van der Waals surface area (Å²) in [5.41, 5.74) is 0.872. The standard InChI is InChI=1S/C17H24O3/c18-11-17(12-19,14-6-2-3-7-14)10-15-9-13-5-1-4-8-16(13)20-15/h1,4-5,8,14-15,18-19H,2-3,6-7,9-12H2. The molecule has 2 N–H and O–H groups in total. The predicted molar refractivity (Wildman–Crippen MR) is 77.7 cm³/mol. The minimum atomic E-state index is -0.372. The van der Waals surface area contributed by atoms with Gasteiger partial charge in [-0.2, -0.15) is 0 Å². The Morgan fingerprint density at radius 1 is 1.10 bits per heavy atom. The number of para-hydroxylation sites is 1. The van der Waals surface area contributed by atoms with E-state index in [1.807, 2.05) is 18.2 Å². The van der Waals surface area contributed by atoms with Gasteiger partial charge in [0, 0.05) is 11.8 Å². The van der Waals surface area contributed by atoms with Crippen LogP contribution in [0.3, 0.4) is 0 Å².